The summed E-state index contributed by atoms with van der Waals surface area (Å²) >= 11 is 0. The zero-order chi connectivity index (χ0) is 18.7. The van der Waals surface area contributed by atoms with Crippen LogP contribution in [0.2, 0.25) is 0 Å². The maximum atomic E-state index is 12.5. The van der Waals surface area contributed by atoms with Crippen molar-refractivity contribution in [1.29, 1.82) is 0 Å². The minimum absolute atomic E-state index is 0.0973. The highest BCUT2D eigenvalue weighted by Gasteiger charge is 2.48. The lowest BCUT2D eigenvalue weighted by Gasteiger charge is -2.37. The number of amides is 3. The van der Waals surface area contributed by atoms with Crippen LogP contribution in [-0.4, -0.2) is 77.0 Å². The van der Waals surface area contributed by atoms with Crippen molar-refractivity contribution in [2.24, 2.45) is 0 Å². The van der Waals surface area contributed by atoms with Crippen LogP contribution >= 0.6 is 0 Å². The maximum Gasteiger partial charge on any atom is 0.410 e. The summed E-state index contributed by atoms with van der Waals surface area (Å²) in [5.74, 6) is 0.259. The number of hydrogen-bond acceptors (Lipinski definition) is 4. The highest BCUT2D eigenvalue weighted by molar-refractivity contribution is 5.80. The van der Waals surface area contributed by atoms with Crippen LogP contribution in [0, 0.1) is 0 Å². The van der Waals surface area contributed by atoms with E-state index < -0.39 is 5.60 Å². The Morgan fingerprint density at radius 3 is 2.58 bits per heavy atom. The maximum absolute atomic E-state index is 12.5. The van der Waals surface area contributed by atoms with Gasteiger partial charge in [-0.25, -0.2) is 4.79 Å². The van der Waals surface area contributed by atoms with Gasteiger partial charge in [0.25, 0.3) is 0 Å². The predicted octanol–water partition coefficient (Wildman–Crippen LogP) is 2.00. The average molecular weight is 365 g/mol. The second-order valence-corrected chi connectivity index (χ2v) is 7.93. The van der Waals surface area contributed by atoms with Gasteiger partial charge in [-0.1, -0.05) is 13.3 Å². The Bertz CT molecular complexity index is 557. The first-order valence-electron chi connectivity index (χ1n) is 9.99. The minimum atomic E-state index is -0.430. The quantitative estimate of drug-likeness (QED) is 0.722. The smallest absolute Gasteiger partial charge is 0.410 e. The van der Waals surface area contributed by atoms with E-state index in [1.54, 1.807) is 4.90 Å². The van der Waals surface area contributed by atoms with Crippen molar-refractivity contribution in [2.75, 3.05) is 32.7 Å². The summed E-state index contributed by atoms with van der Waals surface area (Å²) in [4.78, 5) is 41.8. The Morgan fingerprint density at radius 2 is 1.96 bits per heavy atom. The fourth-order valence-corrected chi connectivity index (χ4v) is 4.31. The third-order valence-electron chi connectivity index (χ3n) is 6.03. The molecule has 3 aliphatic rings. The molecule has 3 heterocycles. The van der Waals surface area contributed by atoms with Crippen LogP contribution in [0.4, 0.5) is 4.79 Å². The fourth-order valence-electron chi connectivity index (χ4n) is 4.31. The Morgan fingerprint density at radius 1 is 1.23 bits per heavy atom. The topological polar surface area (TPSA) is 70.2 Å². The number of likely N-dealkylation sites (tertiary alicyclic amines) is 2. The summed E-state index contributed by atoms with van der Waals surface area (Å²) < 4.78 is 5.75. The first-order chi connectivity index (χ1) is 12.4. The summed E-state index contributed by atoms with van der Waals surface area (Å²) in [6.45, 7) is 7.37. The van der Waals surface area contributed by atoms with Gasteiger partial charge in [0.05, 0.1) is 6.54 Å². The molecular formula is C19H31N3O4. The average Bonchev–Trinajstić information content (AvgIpc) is 3.17. The fraction of sp³-hybridized carbons (Fsp3) is 0.842. The molecule has 3 aliphatic heterocycles. The number of nitrogens with zero attached hydrogens (tertiary/aromatic N) is 3. The number of ether oxygens (including phenoxy) is 1. The van der Waals surface area contributed by atoms with E-state index >= 15 is 0 Å². The number of carbonyl (C=O) groups is 3. The molecule has 3 rings (SSSR count). The van der Waals surface area contributed by atoms with E-state index in [4.69, 9.17) is 4.74 Å². The summed E-state index contributed by atoms with van der Waals surface area (Å²) in [6.07, 6.45) is 5.10. The molecule has 7 nitrogen and oxygen atoms in total. The number of rotatable bonds is 6. The van der Waals surface area contributed by atoms with Crippen LogP contribution < -0.4 is 0 Å². The molecule has 0 aromatic carbocycles. The molecule has 0 radical (unpaired) electrons. The van der Waals surface area contributed by atoms with E-state index in [9.17, 15) is 14.4 Å². The van der Waals surface area contributed by atoms with Crippen LogP contribution in [0.3, 0.4) is 0 Å². The third-order valence-corrected chi connectivity index (χ3v) is 6.03. The van der Waals surface area contributed by atoms with Crippen LogP contribution in [0.5, 0.6) is 0 Å². The number of hydrogen-bond donors (Lipinski definition) is 0. The van der Waals surface area contributed by atoms with Crippen LogP contribution in [0.25, 0.3) is 0 Å². The highest BCUT2D eigenvalue weighted by Crippen LogP contribution is 2.34. The largest absolute Gasteiger partial charge is 0.441 e. The van der Waals surface area contributed by atoms with Crippen LogP contribution in [0.15, 0.2) is 0 Å². The van der Waals surface area contributed by atoms with Crippen molar-refractivity contribution < 1.29 is 19.1 Å². The molecule has 0 bridgehead atoms. The molecule has 3 amide bonds. The van der Waals surface area contributed by atoms with Crippen molar-refractivity contribution >= 4 is 17.9 Å². The number of carbonyl (C=O) groups excluding carboxylic acids is 3. The van der Waals surface area contributed by atoms with E-state index in [0.717, 1.165) is 25.8 Å². The van der Waals surface area contributed by atoms with E-state index in [-0.39, 0.29) is 23.9 Å². The van der Waals surface area contributed by atoms with Gasteiger partial charge >= 0.3 is 6.09 Å². The number of piperidine rings is 1. The minimum Gasteiger partial charge on any atom is -0.441 e. The molecule has 146 valence electrons. The SMILES string of the molecule is CCC[C@H](C)N1CC2(CCN(C(=O)CCN3CCCC3=O)CC2)OC1=O. The van der Waals surface area contributed by atoms with Gasteiger partial charge in [-0.05, 0) is 19.8 Å². The third kappa shape index (κ3) is 3.96. The van der Waals surface area contributed by atoms with Crippen LogP contribution in [-0.2, 0) is 14.3 Å². The molecule has 3 fully saturated rings. The van der Waals surface area contributed by atoms with Gasteiger partial charge in [-0.2, -0.15) is 0 Å². The second kappa shape index (κ2) is 7.84. The summed E-state index contributed by atoms with van der Waals surface area (Å²) in [7, 11) is 0. The standard InChI is InChI=1S/C19H31N3O4/c1-3-5-15(2)22-14-19(26-18(22)25)8-12-21(13-9-19)17(24)7-11-20-10-4-6-16(20)23/h15H,3-14H2,1-2H3/t15-/m0/s1. The van der Waals surface area contributed by atoms with Gasteiger partial charge < -0.3 is 19.4 Å². The van der Waals surface area contributed by atoms with Crippen molar-refractivity contribution in [3.8, 4) is 0 Å². The molecule has 1 atom stereocenters. The molecule has 0 N–H and O–H groups in total. The normalized spacial score (nSPS) is 23.7. The lowest BCUT2D eigenvalue weighted by molar-refractivity contribution is -0.135. The predicted molar refractivity (Wildman–Crippen MR) is 96.5 cm³/mol. The molecule has 0 unspecified atom stereocenters. The van der Waals surface area contributed by atoms with Gasteiger partial charge in [0.1, 0.15) is 5.60 Å². The van der Waals surface area contributed by atoms with Gasteiger partial charge in [0.2, 0.25) is 11.8 Å². The lowest BCUT2D eigenvalue weighted by atomic mass is 9.90. The van der Waals surface area contributed by atoms with E-state index in [0.29, 0.717) is 51.9 Å². The van der Waals surface area contributed by atoms with Gasteiger partial charge in [-0.15, -0.1) is 0 Å². The Labute approximate surface area is 155 Å². The second-order valence-electron chi connectivity index (χ2n) is 7.93. The summed E-state index contributed by atoms with van der Waals surface area (Å²) in [5, 5.41) is 0. The first-order valence-corrected chi connectivity index (χ1v) is 9.99. The van der Waals surface area contributed by atoms with Crippen molar-refractivity contribution in [3.05, 3.63) is 0 Å². The molecular weight excluding hydrogens is 334 g/mol. The van der Waals surface area contributed by atoms with Crippen molar-refractivity contribution in [2.45, 2.75) is 70.4 Å². The zero-order valence-corrected chi connectivity index (χ0v) is 16.0. The lowest BCUT2D eigenvalue weighted by Crippen LogP contribution is -2.49. The van der Waals surface area contributed by atoms with Crippen LogP contribution in [0.1, 0.15) is 58.8 Å². The molecule has 3 saturated heterocycles. The van der Waals surface area contributed by atoms with Crippen molar-refractivity contribution in [1.82, 2.24) is 14.7 Å². The molecule has 1 spiro atoms. The zero-order valence-electron chi connectivity index (χ0n) is 16.0. The highest BCUT2D eigenvalue weighted by atomic mass is 16.6. The molecule has 0 aromatic heterocycles. The summed E-state index contributed by atoms with van der Waals surface area (Å²) in [6, 6.07) is 0.199. The first kappa shape index (κ1) is 19.0. The van der Waals surface area contributed by atoms with Gasteiger partial charge in [0, 0.05) is 57.9 Å². The monoisotopic (exact) mass is 365 g/mol. The van der Waals surface area contributed by atoms with Gasteiger partial charge in [0.15, 0.2) is 0 Å². The molecule has 0 saturated carbocycles. The van der Waals surface area contributed by atoms with E-state index in [1.807, 2.05) is 9.80 Å². The molecule has 26 heavy (non-hydrogen) atoms. The summed E-state index contributed by atoms with van der Waals surface area (Å²) in [5.41, 5.74) is -0.430. The van der Waals surface area contributed by atoms with Gasteiger partial charge in [-0.3, -0.25) is 9.59 Å². The van der Waals surface area contributed by atoms with E-state index in [1.165, 1.54) is 0 Å². The van der Waals surface area contributed by atoms with E-state index in [2.05, 4.69) is 13.8 Å². The molecule has 0 aliphatic carbocycles. The van der Waals surface area contributed by atoms with Crippen molar-refractivity contribution in [3.63, 3.8) is 0 Å². The Balaban J connectivity index is 1.47. The molecule has 7 heteroatoms. The Hall–Kier alpha value is -1.79. The Kier molecular flexibility index (Phi) is 5.73. The molecule has 0 aromatic rings.